The molecule has 6 nitrogen and oxygen atoms in total. The molecule has 0 saturated carbocycles. The summed E-state index contributed by atoms with van der Waals surface area (Å²) < 4.78 is 26.2. The minimum atomic E-state index is -3.52. The highest BCUT2D eigenvalue weighted by atomic mass is 32.2. The van der Waals surface area contributed by atoms with Crippen LogP contribution in [0.4, 0.5) is 5.69 Å². The van der Waals surface area contributed by atoms with E-state index >= 15 is 0 Å². The smallest absolute Gasteiger partial charge is 0.243 e. The molecule has 1 atom stereocenters. The van der Waals surface area contributed by atoms with Crippen molar-refractivity contribution in [1.82, 2.24) is 4.31 Å². The molecule has 108 valence electrons. The van der Waals surface area contributed by atoms with Crippen molar-refractivity contribution >= 4 is 21.6 Å². The Kier molecular flexibility index (Phi) is 3.07. The molecule has 1 saturated heterocycles. The molecule has 0 bridgehead atoms. The minimum Gasteiger partial charge on any atom is -0.396 e. The third-order valence-corrected chi connectivity index (χ3v) is 5.79. The molecule has 0 radical (unpaired) electrons. The second kappa shape index (κ2) is 4.54. The van der Waals surface area contributed by atoms with E-state index in [1.807, 2.05) is 0 Å². The number of benzene rings is 1. The van der Waals surface area contributed by atoms with Crippen molar-refractivity contribution in [3.8, 4) is 0 Å². The van der Waals surface area contributed by atoms with Gasteiger partial charge in [-0.3, -0.25) is 4.79 Å². The van der Waals surface area contributed by atoms with Gasteiger partial charge in [-0.1, -0.05) is 0 Å². The molecule has 2 aliphatic heterocycles. The lowest BCUT2D eigenvalue weighted by atomic mass is 10.0. The molecular weight excluding hydrogens is 280 g/mol. The maximum absolute atomic E-state index is 12.4. The van der Waals surface area contributed by atoms with E-state index in [4.69, 9.17) is 5.11 Å². The van der Waals surface area contributed by atoms with E-state index in [0.717, 1.165) is 5.56 Å². The molecule has 20 heavy (non-hydrogen) atoms. The fraction of sp³-hybridized carbons (Fsp3) is 0.462. The van der Waals surface area contributed by atoms with Crippen molar-refractivity contribution in [2.24, 2.45) is 5.92 Å². The molecule has 3 rings (SSSR count). The van der Waals surface area contributed by atoms with Crippen LogP contribution < -0.4 is 5.32 Å². The van der Waals surface area contributed by atoms with Crippen molar-refractivity contribution < 1.29 is 18.3 Å². The quantitative estimate of drug-likeness (QED) is 0.843. The molecule has 1 aromatic carbocycles. The monoisotopic (exact) mass is 296 g/mol. The van der Waals surface area contributed by atoms with Crippen LogP contribution in [0.1, 0.15) is 18.4 Å². The predicted molar refractivity (Wildman–Crippen MR) is 72.8 cm³/mol. The van der Waals surface area contributed by atoms with Gasteiger partial charge in [-0.15, -0.1) is 0 Å². The summed E-state index contributed by atoms with van der Waals surface area (Å²) in [6, 6.07) is 4.71. The highest BCUT2D eigenvalue weighted by molar-refractivity contribution is 7.89. The van der Waals surface area contributed by atoms with Crippen LogP contribution in [0.5, 0.6) is 0 Å². The van der Waals surface area contributed by atoms with Crippen LogP contribution in [0.25, 0.3) is 0 Å². The van der Waals surface area contributed by atoms with Gasteiger partial charge in [0.05, 0.1) is 10.8 Å². The molecule has 0 aromatic heterocycles. The lowest BCUT2D eigenvalue weighted by Gasteiger charge is -2.37. The first-order chi connectivity index (χ1) is 9.43. The van der Waals surface area contributed by atoms with Crippen LogP contribution in [0.15, 0.2) is 23.1 Å². The van der Waals surface area contributed by atoms with Crippen molar-refractivity contribution in [1.29, 1.82) is 0 Å². The van der Waals surface area contributed by atoms with Gasteiger partial charge in [0.1, 0.15) is 0 Å². The van der Waals surface area contributed by atoms with E-state index < -0.39 is 10.0 Å². The predicted octanol–water partition coefficient (Wildman–Crippen LogP) is 0.355. The van der Waals surface area contributed by atoms with Gasteiger partial charge in [0, 0.05) is 31.3 Å². The fourth-order valence-corrected chi connectivity index (χ4v) is 4.17. The number of carbonyl (C=O) groups is 1. The zero-order valence-electron chi connectivity index (χ0n) is 11.0. The number of fused-ring (bicyclic) bond motifs is 1. The minimum absolute atomic E-state index is 0.00562. The first-order valence-corrected chi connectivity index (χ1v) is 7.93. The van der Waals surface area contributed by atoms with Gasteiger partial charge in [0.15, 0.2) is 0 Å². The third-order valence-electron chi connectivity index (χ3n) is 3.96. The number of nitrogens with one attached hydrogen (secondary N) is 1. The molecule has 2 N–H and O–H groups in total. The number of rotatable bonds is 3. The maximum atomic E-state index is 12.4. The van der Waals surface area contributed by atoms with E-state index in [-0.39, 0.29) is 29.2 Å². The van der Waals surface area contributed by atoms with Gasteiger partial charge in [-0.25, -0.2) is 8.42 Å². The first-order valence-electron chi connectivity index (χ1n) is 6.49. The van der Waals surface area contributed by atoms with Gasteiger partial charge in [0.25, 0.3) is 0 Å². The maximum Gasteiger partial charge on any atom is 0.243 e. The number of hydrogen-bond acceptors (Lipinski definition) is 4. The van der Waals surface area contributed by atoms with E-state index in [1.165, 1.54) is 10.4 Å². The van der Waals surface area contributed by atoms with Gasteiger partial charge < -0.3 is 10.4 Å². The molecule has 2 heterocycles. The van der Waals surface area contributed by atoms with Crippen molar-refractivity contribution in [2.45, 2.75) is 17.7 Å². The van der Waals surface area contributed by atoms with Crippen molar-refractivity contribution in [3.63, 3.8) is 0 Å². The molecule has 1 aromatic rings. The van der Waals surface area contributed by atoms with Gasteiger partial charge in [-0.2, -0.15) is 4.31 Å². The molecule has 0 spiro atoms. The number of aliphatic hydroxyl groups is 1. The van der Waals surface area contributed by atoms with Gasteiger partial charge in [-0.05, 0) is 30.7 Å². The van der Waals surface area contributed by atoms with Crippen LogP contribution in [0, 0.1) is 5.92 Å². The summed E-state index contributed by atoms with van der Waals surface area (Å²) in [5.41, 5.74) is 1.40. The second-order valence-corrected chi connectivity index (χ2v) is 7.27. The number of anilines is 1. The lowest BCUT2D eigenvalue weighted by Crippen LogP contribution is -2.51. The molecule has 1 fully saturated rings. The molecule has 7 heteroatoms. The summed E-state index contributed by atoms with van der Waals surface area (Å²) >= 11 is 0. The summed E-state index contributed by atoms with van der Waals surface area (Å²) in [6.45, 7) is 2.46. The Labute approximate surface area is 117 Å². The highest BCUT2D eigenvalue weighted by Gasteiger charge is 2.37. The number of amides is 1. The van der Waals surface area contributed by atoms with Crippen molar-refractivity contribution in [2.75, 3.05) is 25.0 Å². The van der Waals surface area contributed by atoms with Crippen molar-refractivity contribution in [3.05, 3.63) is 23.8 Å². The molecule has 0 aliphatic carbocycles. The average molecular weight is 296 g/mol. The van der Waals surface area contributed by atoms with Crippen LogP contribution in [-0.2, 0) is 14.8 Å². The number of sulfonamides is 1. The highest BCUT2D eigenvalue weighted by Crippen LogP contribution is 2.35. The Morgan fingerprint density at radius 2 is 2.10 bits per heavy atom. The van der Waals surface area contributed by atoms with Crippen LogP contribution in [0.2, 0.25) is 0 Å². The number of aliphatic hydroxyl groups excluding tert-OH is 1. The summed E-state index contributed by atoms with van der Waals surface area (Å²) in [6.07, 6.45) is 0. The lowest BCUT2D eigenvalue weighted by molar-refractivity contribution is -0.116. The van der Waals surface area contributed by atoms with Crippen LogP contribution in [-0.4, -0.2) is 43.4 Å². The SMILES string of the molecule is CC1C(=O)Nc2ccc(S(=O)(=O)N3CC(CO)C3)cc21. The summed E-state index contributed by atoms with van der Waals surface area (Å²) in [4.78, 5) is 11.8. The standard InChI is InChI=1S/C13H16N2O4S/c1-8-11-4-10(2-3-12(11)14-13(8)17)20(18,19)15-5-9(6-15)7-16/h2-4,8-9,16H,5-7H2,1H3,(H,14,17). The van der Waals surface area contributed by atoms with E-state index in [9.17, 15) is 13.2 Å². The van der Waals surface area contributed by atoms with E-state index in [2.05, 4.69) is 5.32 Å². The molecule has 1 unspecified atom stereocenters. The topological polar surface area (TPSA) is 86.7 Å². The zero-order chi connectivity index (χ0) is 14.5. The largest absolute Gasteiger partial charge is 0.396 e. The number of hydrogen-bond donors (Lipinski definition) is 2. The summed E-state index contributed by atoms with van der Waals surface area (Å²) in [5.74, 6) is -0.415. The Morgan fingerprint density at radius 1 is 1.40 bits per heavy atom. The fourth-order valence-electron chi connectivity index (χ4n) is 2.54. The van der Waals surface area contributed by atoms with Crippen LogP contribution in [0.3, 0.4) is 0 Å². The van der Waals surface area contributed by atoms with Gasteiger partial charge >= 0.3 is 0 Å². The van der Waals surface area contributed by atoms with E-state index in [0.29, 0.717) is 18.8 Å². The Bertz CT molecular complexity index is 665. The molecular formula is C13H16N2O4S. The average Bonchev–Trinajstić information content (AvgIpc) is 2.63. The zero-order valence-corrected chi connectivity index (χ0v) is 11.9. The summed E-state index contributed by atoms with van der Waals surface area (Å²) in [5, 5.41) is 11.7. The summed E-state index contributed by atoms with van der Waals surface area (Å²) in [7, 11) is -3.52. The molecule has 2 aliphatic rings. The Hall–Kier alpha value is -1.44. The van der Waals surface area contributed by atoms with Gasteiger partial charge in [0.2, 0.25) is 15.9 Å². The number of nitrogens with zero attached hydrogens (tertiary/aromatic N) is 1. The van der Waals surface area contributed by atoms with Crippen LogP contribution >= 0.6 is 0 Å². The Balaban J connectivity index is 1.91. The third kappa shape index (κ3) is 1.93. The molecule has 1 amide bonds. The van der Waals surface area contributed by atoms with E-state index in [1.54, 1.807) is 19.1 Å². The number of carbonyl (C=O) groups excluding carboxylic acids is 1. The normalized spacial score (nSPS) is 23.3. The second-order valence-electron chi connectivity index (χ2n) is 5.33. The Morgan fingerprint density at radius 3 is 2.75 bits per heavy atom. The first kappa shape index (κ1) is 13.5.